The average Bonchev–Trinajstić information content (AvgIpc) is 3.60. The summed E-state index contributed by atoms with van der Waals surface area (Å²) >= 11 is 1.27. The zero-order chi connectivity index (χ0) is 29.1. The van der Waals surface area contributed by atoms with Gasteiger partial charge < -0.3 is 16.2 Å². The van der Waals surface area contributed by atoms with Gasteiger partial charge in [0, 0.05) is 23.7 Å². The molecule has 4 N–H and O–H groups in total. The zero-order valence-corrected chi connectivity index (χ0v) is 24.0. The summed E-state index contributed by atoms with van der Waals surface area (Å²) in [5, 5.41) is 20.1. The molecule has 6 rings (SSSR count). The van der Waals surface area contributed by atoms with Crippen molar-refractivity contribution in [2.45, 2.75) is 71.3 Å². The maximum Gasteiger partial charge on any atom is 0.309 e. The van der Waals surface area contributed by atoms with E-state index in [-0.39, 0.29) is 35.6 Å². The lowest BCUT2D eigenvalue weighted by Gasteiger charge is -2.21. The molecule has 0 spiro atoms. The van der Waals surface area contributed by atoms with E-state index >= 15 is 0 Å². The highest BCUT2D eigenvalue weighted by atomic mass is 32.1. The number of aromatic nitrogens is 5. The van der Waals surface area contributed by atoms with E-state index < -0.39 is 16.8 Å². The molecule has 0 radical (unpaired) electrons. The Morgan fingerprint density at radius 1 is 1.24 bits per heavy atom. The van der Waals surface area contributed by atoms with Gasteiger partial charge in [0.2, 0.25) is 5.91 Å². The summed E-state index contributed by atoms with van der Waals surface area (Å²) in [5.41, 5.74) is 6.40. The maximum atomic E-state index is 14.3. The highest BCUT2D eigenvalue weighted by Crippen LogP contribution is 2.46. The van der Waals surface area contributed by atoms with Gasteiger partial charge in [-0.1, -0.05) is 19.3 Å². The van der Waals surface area contributed by atoms with E-state index in [0.29, 0.717) is 45.3 Å². The number of nitrogens with zero attached hydrogens (tertiary/aromatic N) is 5. The predicted molar refractivity (Wildman–Crippen MR) is 154 cm³/mol. The first-order valence-electron chi connectivity index (χ1n) is 13.8. The average molecular weight is 578 g/mol. The number of aliphatic carboxylic acids is 1. The summed E-state index contributed by atoms with van der Waals surface area (Å²) < 4.78 is 16.1. The third-order valence-corrected chi connectivity index (χ3v) is 9.50. The number of carbonyl (C=O) groups is 2. The number of hydrogen-bond donors (Lipinski definition) is 3. The van der Waals surface area contributed by atoms with E-state index in [2.05, 4.69) is 20.3 Å². The molecule has 1 aromatic carbocycles. The third-order valence-electron chi connectivity index (χ3n) is 8.39. The second-order valence-corrected chi connectivity index (χ2v) is 12.8. The standard InChI is InChI=1S/C29H32FN7O3S/c1-28(2,27(39)40)12-17-14-41-26(32-17)29(3)20-22(31)33-24(34-23(20)35-25(29)38)21-18-10-9-16(30)11-19(18)37(36-21)13-15-7-5-4-6-8-15/h9-11,14-15H,4-8,12-13H2,1-3H3,(H,39,40)(H3,31,33,34,35,38). The van der Waals surface area contributed by atoms with Gasteiger partial charge in [-0.15, -0.1) is 11.3 Å². The molecule has 41 heavy (non-hydrogen) atoms. The number of carboxylic acid groups (broad SMARTS) is 1. The molecule has 1 saturated carbocycles. The van der Waals surface area contributed by atoms with Crippen molar-refractivity contribution in [3.05, 3.63) is 45.7 Å². The second-order valence-electron chi connectivity index (χ2n) is 11.9. The lowest BCUT2D eigenvalue weighted by molar-refractivity contribution is -0.146. The number of benzene rings is 1. The van der Waals surface area contributed by atoms with Crippen LogP contribution in [0.25, 0.3) is 22.4 Å². The van der Waals surface area contributed by atoms with Gasteiger partial charge in [-0.2, -0.15) is 5.10 Å². The minimum atomic E-state index is -1.25. The van der Waals surface area contributed by atoms with Crippen LogP contribution in [0.5, 0.6) is 0 Å². The minimum absolute atomic E-state index is 0.116. The molecule has 3 aromatic heterocycles. The van der Waals surface area contributed by atoms with E-state index in [9.17, 15) is 19.1 Å². The normalized spacial score (nSPS) is 19.5. The molecule has 1 aliphatic heterocycles. The Hall–Kier alpha value is -3.93. The van der Waals surface area contributed by atoms with Crippen molar-refractivity contribution in [1.82, 2.24) is 24.7 Å². The summed E-state index contributed by atoms with van der Waals surface area (Å²) in [4.78, 5) is 38.9. The Morgan fingerprint density at radius 2 is 2.00 bits per heavy atom. The molecule has 12 heteroatoms. The molecule has 1 amide bonds. The number of nitrogens with one attached hydrogen (secondary N) is 1. The van der Waals surface area contributed by atoms with Crippen molar-refractivity contribution in [2.75, 3.05) is 11.1 Å². The van der Waals surface area contributed by atoms with Crippen LogP contribution in [-0.4, -0.2) is 41.7 Å². The molecule has 1 unspecified atom stereocenters. The first kappa shape index (κ1) is 27.3. The van der Waals surface area contributed by atoms with Crippen LogP contribution in [0.3, 0.4) is 0 Å². The highest BCUT2D eigenvalue weighted by Gasteiger charge is 2.50. The second kappa shape index (κ2) is 9.86. The van der Waals surface area contributed by atoms with E-state index in [1.165, 1.54) is 42.7 Å². The number of amides is 1. The third kappa shape index (κ3) is 4.63. The summed E-state index contributed by atoms with van der Waals surface area (Å²) in [5.74, 6) is -0.514. The lowest BCUT2D eigenvalue weighted by atomic mass is 9.85. The molecule has 214 valence electrons. The van der Waals surface area contributed by atoms with Gasteiger partial charge in [0.25, 0.3) is 0 Å². The molecule has 1 fully saturated rings. The molecular weight excluding hydrogens is 545 g/mol. The number of nitrogens with two attached hydrogens (primary N) is 1. The van der Waals surface area contributed by atoms with Crippen molar-refractivity contribution in [1.29, 1.82) is 0 Å². The number of hydrogen-bond acceptors (Lipinski definition) is 8. The van der Waals surface area contributed by atoms with Crippen LogP contribution in [0.2, 0.25) is 0 Å². The quantitative estimate of drug-likeness (QED) is 0.273. The van der Waals surface area contributed by atoms with E-state index in [1.54, 1.807) is 32.2 Å². The Labute approximate surface area is 240 Å². The fourth-order valence-corrected chi connectivity index (χ4v) is 6.91. The van der Waals surface area contributed by atoms with Crippen LogP contribution in [-0.2, 0) is 28.0 Å². The Morgan fingerprint density at radius 3 is 2.73 bits per heavy atom. The Balaban J connectivity index is 1.39. The van der Waals surface area contributed by atoms with E-state index in [4.69, 9.17) is 10.8 Å². The number of halogens is 1. The lowest BCUT2D eigenvalue weighted by Crippen LogP contribution is -2.33. The molecule has 4 aromatic rings. The van der Waals surface area contributed by atoms with Crippen molar-refractivity contribution in [3.63, 3.8) is 0 Å². The summed E-state index contributed by atoms with van der Waals surface area (Å²) in [6, 6.07) is 4.55. The van der Waals surface area contributed by atoms with Gasteiger partial charge in [-0.3, -0.25) is 14.3 Å². The monoisotopic (exact) mass is 577 g/mol. The SMILES string of the molecule is CC(C)(Cc1csc(C2(C)C(=O)Nc3nc(-c4nn(CC5CCCCC5)c5cc(F)ccc45)nc(N)c32)n1)C(=O)O. The highest BCUT2D eigenvalue weighted by molar-refractivity contribution is 7.10. The predicted octanol–water partition coefficient (Wildman–Crippen LogP) is 5.16. The van der Waals surface area contributed by atoms with Crippen molar-refractivity contribution in [2.24, 2.45) is 11.3 Å². The van der Waals surface area contributed by atoms with Gasteiger partial charge in [-0.05, 0) is 57.7 Å². The summed E-state index contributed by atoms with van der Waals surface area (Å²) in [6.07, 6.45) is 6.06. The summed E-state index contributed by atoms with van der Waals surface area (Å²) in [7, 11) is 0. The Kier molecular flexibility index (Phi) is 6.55. The number of nitrogen functional groups attached to an aromatic ring is 1. The zero-order valence-electron chi connectivity index (χ0n) is 23.2. The van der Waals surface area contributed by atoms with Gasteiger partial charge in [0.15, 0.2) is 5.82 Å². The number of carbonyl (C=O) groups excluding carboxylic acids is 1. The van der Waals surface area contributed by atoms with Gasteiger partial charge in [0.05, 0.1) is 22.2 Å². The molecule has 0 bridgehead atoms. The van der Waals surface area contributed by atoms with Crippen molar-refractivity contribution >= 4 is 45.8 Å². The van der Waals surface area contributed by atoms with E-state index in [0.717, 1.165) is 12.8 Å². The van der Waals surface area contributed by atoms with Gasteiger partial charge in [0.1, 0.15) is 33.6 Å². The van der Waals surface area contributed by atoms with Crippen LogP contribution >= 0.6 is 11.3 Å². The first-order chi connectivity index (χ1) is 19.5. The molecule has 1 aliphatic carbocycles. The smallest absolute Gasteiger partial charge is 0.309 e. The molecule has 1 atom stereocenters. The van der Waals surface area contributed by atoms with Crippen molar-refractivity contribution < 1.29 is 19.1 Å². The molecule has 0 saturated heterocycles. The maximum absolute atomic E-state index is 14.3. The minimum Gasteiger partial charge on any atom is -0.481 e. The molecule has 2 aliphatic rings. The molecular formula is C29H32FN7O3S. The van der Waals surface area contributed by atoms with Gasteiger partial charge in [-0.25, -0.2) is 19.3 Å². The fourth-order valence-electron chi connectivity index (χ4n) is 5.93. The van der Waals surface area contributed by atoms with Crippen LogP contribution in [0.4, 0.5) is 16.0 Å². The number of anilines is 2. The van der Waals surface area contributed by atoms with Crippen LogP contribution in [0, 0.1) is 17.2 Å². The van der Waals surface area contributed by atoms with Crippen LogP contribution in [0.1, 0.15) is 69.1 Å². The van der Waals surface area contributed by atoms with Crippen LogP contribution < -0.4 is 11.1 Å². The number of carboxylic acids is 1. The topological polar surface area (TPSA) is 149 Å². The molecule has 10 nitrogen and oxygen atoms in total. The fraction of sp³-hybridized carbons (Fsp3) is 0.448. The Bertz CT molecular complexity index is 1690. The van der Waals surface area contributed by atoms with Crippen LogP contribution in [0.15, 0.2) is 23.6 Å². The van der Waals surface area contributed by atoms with Gasteiger partial charge >= 0.3 is 5.97 Å². The number of rotatable bonds is 7. The molecule has 4 heterocycles. The van der Waals surface area contributed by atoms with Crippen molar-refractivity contribution in [3.8, 4) is 11.5 Å². The van der Waals surface area contributed by atoms with E-state index in [1.807, 2.05) is 4.68 Å². The first-order valence-corrected chi connectivity index (χ1v) is 14.7. The number of fused-ring (bicyclic) bond motifs is 2. The summed E-state index contributed by atoms with van der Waals surface area (Å²) in [6.45, 7) is 5.67. The largest absolute Gasteiger partial charge is 0.481 e. The number of thiazole rings is 1.